The maximum Gasteiger partial charge on any atom is 0.325 e. The Kier molecular flexibility index (Phi) is 5.86. The first-order valence-electron chi connectivity index (χ1n) is 5.66. The lowest BCUT2D eigenvalue weighted by Crippen LogP contribution is -2.34. The Morgan fingerprint density at radius 1 is 1.44 bits per heavy atom. The molecule has 1 aromatic rings. The van der Waals surface area contributed by atoms with Crippen LogP contribution in [0.15, 0.2) is 12.1 Å². The Hall–Kier alpha value is -1.89. The molecule has 0 aliphatic heterocycles. The maximum absolute atomic E-state index is 11.5. The minimum absolute atomic E-state index is 0.107. The van der Waals surface area contributed by atoms with Gasteiger partial charge in [-0.2, -0.15) is 0 Å². The van der Waals surface area contributed by atoms with Crippen molar-refractivity contribution in [2.45, 2.75) is 6.92 Å². The molecule has 18 heavy (non-hydrogen) atoms. The van der Waals surface area contributed by atoms with Gasteiger partial charge < -0.3 is 20.1 Å². The third-order valence-corrected chi connectivity index (χ3v) is 2.19. The van der Waals surface area contributed by atoms with Gasteiger partial charge in [-0.05, 0) is 19.1 Å². The summed E-state index contributed by atoms with van der Waals surface area (Å²) in [5, 5.41) is 7.69. The van der Waals surface area contributed by atoms with Gasteiger partial charge in [-0.15, -0.1) is 10.2 Å². The van der Waals surface area contributed by atoms with Crippen LogP contribution in [-0.4, -0.2) is 49.6 Å². The molecule has 0 bridgehead atoms. The number of nitrogens with zero attached hydrogens (tertiary/aromatic N) is 3. The zero-order valence-electron chi connectivity index (χ0n) is 10.6. The number of rotatable bonds is 7. The van der Waals surface area contributed by atoms with Gasteiger partial charge in [0.2, 0.25) is 0 Å². The Bertz CT molecular complexity index is 369. The number of ether oxygens (including phenoxy) is 2. The molecule has 1 heterocycles. The molecule has 2 N–H and O–H groups in total. The van der Waals surface area contributed by atoms with Crippen LogP contribution in [0.1, 0.15) is 6.92 Å². The van der Waals surface area contributed by atoms with Gasteiger partial charge in [0.15, 0.2) is 5.82 Å². The summed E-state index contributed by atoms with van der Waals surface area (Å²) in [7, 11) is 1.59. The van der Waals surface area contributed by atoms with E-state index in [-0.39, 0.29) is 12.5 Å². The minimum atomic E-state index is -0.313. The smallest absolute Gasteiger partial charge is 0.325 e. The van der Waals surface area contributed by atoms with E-state index < -0.39 is 0 Å². The van der Waals surface area contributed by atoms with E-state index in [0.717, 1.165) is 0 Å². The Balaban J connectivity index is 2.70. The topological polar surface area (TPSA) is 90.6 Å². The molecule has 0 aliphatic rings. The molecule has 1 rings (SSSR count). The van der Waals surface area contributed by atoms with Crippen molar-refractivity contribution in [3.05, 3.63) is 12.1 Å². The van der Waals surface area contributed by atoms with Crippen molar-refractivity contribution in [2.75, 3.05) is 44.0 Å². The molecule has 0 spiro atoms. The summed E-state index contributed by atoms with van der Waals surface area (Å²) in [4.78, 5) is 13.2. The van der Waals surface area contributed by atoms with Crippen molar-refractivity contribution < 1.29 is 14.3 Å². The Labute approximate surface area is 106 Å². The molecule has 7 heteroatoms. The minimum Gasteiger partial charge on any atom is -0.465 e. The van der Waals surface area contributed by atoms with Crippen molar-refractivity contribution in [1.82, 2.24) is 10.2 Å². The zero-order valence-corrected chi connectivity index (χ0v) is 10.6. The summed E-state index contributed by atoms with van der Waals surface area (Å²) in [5.74, 6) is 0.586. The van der Waals surface area contributed by atoms with Crippen LogP contribution in [0, 0.1) is 0 Å². The second-order valence-electron chi connectivity index (χ2n) is 3.54. The lowest BCUT2D eigenvalue weighted by Gasteiger charge is -2.21. The lowest BCUT2D eigenvalue weighted by molar-refractivity contribution is -0.141. The molecule has 100 valence electrons. The van der Waals surface area contributed by atoms with E-state index in [1.807, 2.05) is 0 Å². The van der Waals surface area contributed by atoms with Crippen LogP contribution >= 0.6 is 0 Å². The molecule has 0 amide bonds. The number of anilines is 2. The summed E-state index contributed by atoms with van der Waals surface area (Å²) in [5.41, 5.74) is 5.47. The van der Waals surface area contributed by atoms with E-state index in [0.29, 0.717) is 31.4 Å². The molecule has 0 aromatic carbocycles. The molecule has 0 unspecified atom stereocenters. The summed E-state index contributed by atoms with van der Waals surface area (Å²) >= 11 is 0. The summed E-state index contributed by atoms with van der Waals surface area (Å²) in [6.45, 7) is 3.22. The van der Waals surface area contributed by atoms with E-state index in [4.69, 9.17) is 15.2 Å². The lowest BCUT2D eigenvalue weighted by atomic mass is 10.4. The number of hydrogen-bond acceptors (Lipinski definition) is 7. The molecule has 0 saturated heterocycles. The van der Waals surface area contributed by atoms with Crippen LogP contribution < -0.4 is 10.6 Å². The average Bonchev–Trinajstić information content (AvgIpc) is 2.36. The number of aromatic nitrogens is 2. The Morgan fingerprint density at radius 3 is 2.78 bits per heavy atom. The monoisotopic (exact) mass is 254 g/mol. The maximum atomic E-state index is 11.5. The number of esters is 1. The molecular formula is C11H18N4O3. The van der Waals surface area contributed by atoms with E-state index in [9.17, 15) is 4.79 Å². The standard InChI is InChI=1S/C11H18N4O3/c1-3-18-11(16)8-15(6-7-17-2)10-5-4-9(12)13-14-10/h4-5H,3,6-8H2,1-2H3,(H2,12,13). The zero-order chi connectivity index (χ0) is 13.4. The predicted octanol–water partition coefficient (Wildman–Crippen LogP) is 0.0747. The van der Waals surface area contributed by atoms with Crippen molar-refractivity contribution in [1.29, 1.82) is 0 Å². The van der Waals surface area contributed by atoms with Crippen LogP contribution in [-0.2, 0) is 14.3 Å². The van der Waals surface area contributed by atoms with Crippen LogP contribution in [0.5, 0.6) is 0 Å². The van der Waals surface area contributed by atoms with Crippen LogP contribution in [0.3, 0.4) is 0 Å². The van der Waals surface area contributed by atoms with E-state index in [1.165, 1.54) is 0 Å². The van der Waals surface area contributed by atoms with Gasteiger partial charge in [0.05, 0.1) is 13.2 Å². The number of methoxy groups -OCH3 is 1. The first kappa shape index (κ1) is 14.2. The molecule has 0 fully saturated rings. The molecule has 0 atom stereocenters. The third kappa shape index (κ3) is 4.54. The van der Waals surface area contributed by atoms with Gasteiger partial charge in [0.25, 0.3) is 0 Å². The number of hydrogen-bond donors (Lipinski definition) is 1. The van der Waals surface area contributed by atoms with Gasteiger partial charge >= 0.3 is 5.97 Å². The fraction of sp³-hybridized carbons (Fsp3) is 0.545. The van der Waals surface area contributed by atoms with E-state index in [1.54, 1.807) is 31.1 Å². The highest BCUT2D eigenvalue weighted by Gasteiger charge is 2.13. The average molecular weight is 254 g/mol. The molecular weight excluding hydrogens is 236 g/mol. The predicted molar refractivity (Wildman–Crippen MR) is 67.2 cm³/mol. The molecule has 7 nitrogen and oxygen atoms in total. The first-order valence-corrected chi connectivity index (χ1v) is 5.66. The number of nitrogen functional groups attached to an aromatic ring is 1. The number of carbonyl (C=O) groups excluding carboxylic acids is 1. The van der Waals surface area contributed by atoms with Crippen molar-refractivity contribution >= 4 is 17.6 Å². The van der Waals surface area contributed by atoms with Gasteiger partial charge in [0, 0.05) is 13.7 Å². The fourth-order valence-electron chi connectivity index (χ4n) is 1.34. The molecule has 0 aliphatic carbocycles. The van der Waals surface area contributed by atoms with Crippen LogP contribution in [0.2, 0.25) is 0 Å². The van der Waals surface area contributed by atoms with Gasteiger partial charge in [-0.1, -0.05) is 0 Å². The highest BCUT2D eigenvalue weighted by molar-refractivity contribution is 5.75. The quantitative estimate of drug-likeness (QED) is 0.689. The molecule has 1 aromatic heterocycles. The van der Waals surface area contributed by atoms with Crippen LogP contribution in [0.4, 0.5) is 11.6 Å². The van der Waals surface area contributed by atoms with E-state index >= 15 is 0 Å². The van der Waals surface area contributed by atoms with Crippen LogP contribution in [0.25, 0.3) is 0 Å². The SMILES string of the molecule is CCOC(=O)CN(CCOC)c1ccc(N)nn1. The summed E-state index contributed by atoms with van der Waals surface area (Å²) < 4.78 is 9.90. The van der Waals surface area contributed by atoms with E-state index in [2.05, 4.69) is 10.2 Å². The number of carbonyl (C=O) groups is 1. The van der Waals surface area contributed by atoms with Gasteiger partial charge in [-0.3, -0.25) is 4.79 Å². The third-order valence-electron chi connectivity index (χ3n) is 2.19. The summed E-state index contributed by atoms with van der Waals surface area (Å²) in [6.07, 6.45) is 0. The van der Waals surface area contributed by atoms with Crippen molar-refractivity contribution in [2.24, 2.45) is 0 Å². The molecule has 0 radical (unpaired) electrons. The van der Waals surface area contributed by atoms with Crippen molar-refractivity contribution in [3.8, 4) is 0 Å². The van der Waals surface area contributed by atoms with Crippen molar-refractivity contribution in [3.63, 3.8) is 0 Å². The largest absolute Gasteiger partial charge is 0.465 e. The Morgan fingerprint density at radius 2 is 2.22 bits per heavy atom. The normalized spacial score (nSPS) is 10.1. The highest BCUT2D eigenvalue weighted by Crippen LogP contribution is 2.10. The second kappa shape index (κ2) is 7.44. The first-order chi connectivity index (χ1) is 8.67. The highest BCUT2D eigenvalue weighted by atomic mass is 16.5. The summed E-state index contributed by atoms with van der Waals surface area (Å²) in [6, 6.07) is 3.34. The fourth-order valence-corrected chi connectivity index (χ4v) is 1.34. The number of nitrogens with two attached hydrogens (primary N) is 1. The van der Waals surface area contributed by atoms with Gasteiger partial charge in [-0.25, -0.2) is 0 Å². The molecule has 0 saturated carbocycles. The van der Waals surface area contributed by atoms with Gasteiger partial charge in [0.1, 0.15) is 12.4 Å². The second-order valence-corrected chi connectivity index (χ2v) is 3.54.